The number of halogens is 1. The van der Waals surface area contributed by atoms with Gasteiger partial charge in [0, 0.05) is 24.2 Å². The molecule has 136 valence electrons. The van der Waals surface area contributed by atoms with Gasteiger partial charge in [0.1, 0.15) is 11.7 Å². The summed E-state index contributed by atoms with van der Waals surface area (Å²) in [5, 5.41) is 4.35. The summed E-state index contributed by atoms with van der Waals surface area (Å²) in [6, 6.07) is 5.02. The topological polar surface area (TPSA) is 60.0 Å². The average Bonchev–Trinajstić information content (AvgIpc) is 2.55. The minimum atomic E-state index is -0.974. The van der Waals surface area contributed by atoms with Crippen LogP contribution in [-0.4, -0.2) is 48.6 Å². The number of fused-ring (bicyclic) bond motifs is 4. The van der Waals surface area contributed by atoms with E-state index in [1.165, 1.54) is 0 Å². The second kappa shape index (κ2) is 6.97. The Labute approximate surface area is 157 Å². The number of hydrogen-bond acceptors (Lipinski definition) is 5. The highest BCUT2D eigenvalue weighted by Crippen LogP contribution is 2.49. The molecule has 3 rings (SSSR count). The molecule has 0 saturated carbocycles. The normalized spacial score (nSPS) is 27.2. The first kappa shape index (κ1) is 18.2. The predicted octanol–water partition coefficient (Wildman–Crippen LogP) is 2.51. The summed E-state index contributed by atoms with van der Waals surface area (Å²) in [5.74, 6) is -0.255. The van der Waals surface area contributed by atoms with E-state index in [9.17, 15) is 4.79 Å². The lowest BCUT2D eigenvalue weighted by atomic mass is 9.79. The molecule has 1 N–H and O–H groups in total. The highest BCUT2D eigenvalue weighted by Gasteiger charge is 2.59. The molecule has 25 heavy (non-hydrogen) atoms. The molecule has 1 aromatic carbocycles. The quantitative estimate of drug-likeness (QED) is 0.618. The number of hydrogen-bond donors (Lipinski definition) is 1. The van der Waals surface area contributed by atoms with Crippen molar-refractivity contribution in [3.05, 3.63) is 28.8 Å². The van der Waals surface area contributed by atoms with E-state index in [0.29, 0.717) is 35.6 Å². The molecule has 0 spiro atoms. The van der Waals surface area contributed by atoms with E-state index in [1.54, 1.807) is 26.2 Å². The van der Waals surface area contributed by atoms with Gasteiger partial charge in [-0.2, -0.15) is 0 Å². The Bertz CT molecular complexity index is 701. The van der Waals surface area contributed by atoms with Gasteiger partial charge in [0.15, 0.2) is 10.8 Å². The lowest BCUT2D eigenvalue weighted by molar-refractivity contribution is -0.176. The number of nitrogens with zero attached hydrogens (tertiary/aromatic N) is 1. The van der Waals surface area contributed by atoms with Gasteiger partial charge in [0.2, 0.25) is 0 Å². The Morgan fingerprint density at radius 3 is 2.96 bits per heavy atom. The number of rotatable bonds is 5. The largest absolute Gasteiger partial charge is 0.467 e. The van der Waals surface area contributed by atoms with Crippen molar-refractivity contribution in [3.8, 4) is 5.75 Å². The van der Waals surface area contributed by atoms with Crippen molar-refractivity contribution in [2.45, 2.75) is 25.6 Å². The zero-order chi connectivity index (χ0) is 18.2. The highest BCUT2D eigenvalue weighted by molar-refractivity contribution is 7.80. The van der Waals surface area contributed by atoms with Gasteiger partial charge in [-0.1, -0.05) is 11.6 Å². The van der Waals surface area contributed by atoms with E-state index in [4.69, 9.17) is 38.0 Å². The van der Waals surface area contributed by atoms with Crippen LogP contribution >= 0.6 is 23.8 Å². The molecule has 1 saturated heterocycles. The van der Waals surface area contributed by atoms with Crippen LogP contribution in [0.5, 0.6) is 5.75 Å². The lowest BCUT2D eigenvalue weighted by Gasteiger charge is -2.55. The second-order valence-electron chi connectivity index (χ2n) is 6.14. The average molecular weight is 385 g/mol. The molecular formula is C17H21ClN2O4S. The molecule has 0 aliphatic carbocycles. The molecule has 1 fully saturated rings. The van der Waals surface area contributed by atoms with E-state index in [1.807, 2.05) is 17.9 Å². The van der Waals surface area contributed by atoms with Crippen LogP contribution in [0, 0.1) is 5.92 Å². The summed E-state index contributed by atoms with van der Waals surface area (Å²) in [6.45, 7) is 4.88. The SMILES string of the molecule is CCOC(=O)[C@H]1[C@H]2NC(=S)N(CCOC)[C@@]1(C)Oc1ccc(Cl)cc12. The Balaban J connectivity index is 2.09. The third-order valence-corrected chi connectivity index (χ3v) is 5.23. The molecule has 2 heterocycles. The van der Waals surface area contributed by atoms with Crippen molar-refractivity contribution in [3.63, 3.8) is 0 Å². The summed E-state index contributed by atoms with van der Waals surface area (Å²) in [4.78, 5) is 14.6. The first-order valence-corrected chi connectivity index (χ1v) is 8.93. The number of thiocarbonyl (C=S) groups is 1. The fourth-order valence-electron chi connectivity index (χ4n) is 3.52. The molecule has 0 radical (unpaired) electrons. The van der Waals surface area contributed by atoms with Gasteiger partial charge in [-0.25, -0.2) is 0 Å². The van der Waals surface area contributed by atoms with Crippen LogP contribution in [-0.2, 0) is 14.3 Å². The fourth-order valence-corrected chi connectivity index (χ4v) is 4.10. The third kappa shape index (κ3) is 3.05. The Morgan fingerprint density at radius 1 is 1.52 bits per heavy atom. The van der Waals surface area contributed by atoms with Gasteiger partial charge in [-0.05, 0) is 44.3 Å². The van der Waals surface area contributed by atoms with Gasteiger partial charge in [-0.3, -0.25) is 4.79 Å². The number of carbonyl (C=O) groups excluding carboxylic acids is 1. The molecule has 8 heteroatoms. The summed E-state index contributed by atoms with van der Waals surface area (Å²) in [6.07, 6.45) is 0. The van der Waals surface area contributed by atoms with Crippen molar-refractivity contribution in [1.29, 1.82) is 0 Å². The van der Waals surface area contributed by atoms with Crippen LogP contribution in [0.2, 0.25) is 5.02 Å². The molecule has 0 amide bonds. The maximum atomic E-state index is 12.8. The Kier molecular flexibility index (Phi) is 5.09. The summed E-state index contributed by atoms with van der Waals surface area (Å²) >= 11 is 11.7. The minimum absolute atomic E-state index is 0.295. The molecule has 6 nitrogen and oxygen atoms in total. The van der Waals surface area contributed by atoms with E-state index in [0.717, 1.165) is 5.56 Å². The van der Waals surface area contributed by atoms with Crippen molar-refractivity contribution < 1.29 is 19.0 Å². The monoisotopic (exact) mass is 384 g/mol. The molecule has 1 aromatic rings. The van der Waals surface area contributed by atoms with Gasteiger partial charge in [-0.15, -0.1) is 0 Å². The van der Waals surface area contributed by atoms with E-state index < -0.39 is 11.6 Å². The zero-order valence-electron chi connectivity index (χ0n) is 14.4. The minimum Gasteiger partial charge on any atom is -0.467 e. The summed E-state index contributed by atoms with van der Waals surface area (Å²) in [5.41, 5.74) is -0.171. The van der Waals surface area contributed by atoms with Crippen molar-refractivity contribution in [2.75, 3.05) is 26.9 Å². The van der Waals surface area contributed by atoms with Crippen LogP contribution in [0.1, 0.15) is 25.5 Å². The molecule has 3 atom stereocenters. The predicted molar refractivity (Wildman–Crippen MR) is 97.7 cm³/mol. The molecule has 2 aliphatic rings. The maximum absolute atomic E-state index is 12.8. The van der Waals surface area contributed by atoms with Crippen LogP contribution < -0.4 is 10.1 Å². The molecule has 0 aromatic heterocycles. The Morgan fingerprint density at radius 2 is 2.28 bits per heavy atom. The lowest BCUT2D eigenvalue weighted by Crippen LogP contribution is -2.71. The molecule has 0 unspecified atom stereocenters. The van der Waals surface area contributed by atoms with E-state index in [2.05, 4.69) is 5.32 Å². The van der Waals surface area contributed by atoms with Crippen molar-refractivity contribution in [1.82, 2.24) is 10.2 Å². The van der Waals surface area contributed by atoms with Crippen LogP contribution in [0.15, 0.2) is 18.2 Å². The van der Waals surface area contributed by atoms with Crippen LogP contribution in [0.25, 0.3) is 0 Å². The summed E-state index contributed by atoms with van der Waals surface area (Å²) in [7, 11) is 1.62. The van der Waals surface area contributed by atoms with Gasteiger partial charge >= 0.3 is 5.97 Å². The van der Waals surface area contributed by atoms with Crippen molar-refractivity contribution in [2.24, 2.45) is 5.92 Å². The van der Waals surface area contributed by atoms with Crippen molar-refractivity contribution >= 4 is 34.9 Å². The number of benzene rings is 1. The molecule has 2 aliphatic heterocycles. The smallest absolute Gasteiger partial charge is 0.317 e. The Hall–Kier alpha value is -1.57. The summed E-state index contributed by atoms with van der Waals surface area (Å²) < 4.78 is 16.8. The van der Waals surface area contributed by atoms with Crippen LogP contribution in [0.3, 0.4) is 0 Å². The van der Waals surface area contributed by atoms with Gasteiger partial charge in [0.25, 0.3) is 0 Å². The maximum Gasteiger partial charge on any atom is 0.317 e. The molecule has 2 bridgehead atoms. The number of carbonyl (C=O) groups is 1. The van der Waals surface area contributed by atoms with E-state index in [-0.39, 0.29) is 12.0 Å². The van der Waals surface area contributed by atoms with Gasteiger partial charge < -0.3 is 24.4 Å². The highest BCUT2D eigenvalue weighted by atomic mass is 35.5. The molecular weight excluding hydrogens is 364 g/mol. The standard InChI is InChI=1S/C17H21ClN2O4S/c1-4-23-15(21)13-14-11-9-10(18)5-6-12(11)24-17(13,2)20(7-8-22-3)16(25)19-14/h5-6,9,13-14H,4,7-8H2,1-3H3,(H,19,25)/t13-,14+,17+/m1/s1. The zero-order valence-corrected chi connectivity index (χ0v) is 15.9. The number of ether oxygens (including phenoxy) is 3. The third-order valence-electron chi connectivity index (χ3n) is 4.65. The van der Waals surface area contributed by atoms with Gasteiger partial charge in [0.05, 0.1) is 19.3 Å². The van der Waals surface area contributed by atoms with Crippen LogP contribution in [0.4, 0.5) is 0 Å². The number of methoxy groups -OCH3 is 1. The van der Waals surface area contributed by atoms with E-state index >= 15 is 0 Å². The first-order valence-electron chi connectivity index (χ1n) is 8.14. The number of nitrogens with one attached hydrogen (secondary N) is 1. The number of esters is 1. The fraction of sp³-hybridized carbons (Fsp3) is 0.529. The first-order chi connectivity index (χ1) is 11.9. The second-order valence-corrected chi connectivity index (χ2v) is 6.96.